The van der Waals surface area contributed by atoms with Crippen molar-refractivity contribution in [2.24, 2.45) is 0 Å². The van der Waals surface area contributed by atoms with Crippen LogP contribution in [0, 0.1) is 13.8 Å². The Morgan fingerprint density at radius 3 is 2.41 bits per heavy atom. The second-order valence-electron chi connectivity index (χ2n) is 11.4. The molecule has 0 saturated carbocycles. The van der Waals surface area contributed by atoms with Crippen molar-refractivity contribution in [1.82, 2.24) is 0 Å². The summed E-state index contributed by atoms with van der Waals surface area (Å²) in [5.74, 6) is 1.02. The van der Waals surface area contributed by atoms with Gasteiger partial charge in [-0.3, -0.25) is 0 Å². The van der Waals surface area contributed by atoms with Crippen molar-refractivity contribution in [3.05, 3.63) is 101 Å². The maximum Gasteiger partial charge on any atom is 0.122 e. The number of aryl methyl sites for hydroxylation is 2. The van der Waals surface area contributed by atoms with Crippen LogP contribution in [0.15, 0.2) is 83.8 Å². The molecular weight excluding hydrogens is 498 g/mol. The van der Waals surface area contributed by atoms with E-state index in [0.29, 0.717) is 0 Å². The van der Waals surface area contributed by atoms with Gasteiger partial charge >= 0.3 is 0 Å². The summed E-state index contributed by atoms with van der Waals surface area (Å²) in [5.41, 5.74) is 10.8. The summed E-state index contributed by atoms with van der Waals surface area (Å²) in [5, 5.41) is 0. The van der Waals surface area contributed by atoms with Crippen molar-refractivity contribution >= 4 is 17.6 Å². The Bertz CT molecular complexity index is 1460. The molecule has 0 aromatic heterocycles. The van der Waals surface area contributed by atoms with Gasteiger partial charge in [-0.2, -0.15) is 0 Å². The number of nitrogens with one attached hydrogen (secondary N) is 1. The first-order valence-electron chi connectivity index (χ1n) is 13.9. The molecule has 0 radical (unpaired) electrons. The Labute approximate surface area is 238 Å². The fourth-order valence-electron chi connectivity index (χ4n) is 5.53. The third kappa shape index (κ3) is 6.34. The quantitative estimate of drug-likeness (QED) is 0.238. The zero-order valence-electron chi connectivity index (χ0n) is 23.9. The van der Waals surface area contributed by atoms with Crippen molar-refractivity contribution in [2.45, 2.75) is 71.0 Å². The number of rotatable bonds is 7. The van der Waals surface area contributed by atoms with Gasteiger partial charge in [0.2, 0.25) is 0 Å². The number of benzene rings is 4. The molecule has 5 rings (SSSR count). The highest BCUT2D eigenvalue weighted by Gasteiger charge is 2.25. The highest BCUT2D eigenvalue weighted by atomic mass is 32.2. The molecule has 39 heavy (non-hydrogen) atoms. The number of anilines is 1. The molecular formula is C35H39NO2S. The predicted molar refractivity (Wildman–Crippen MR) is 166 cm³/mol. The third-order valence-corrected chi connectivity index (χ3v) is 8.00. The van der Waals surface area contributed by atoms with Crippen LogP contribution in [0.3, 0.4) is 0 Å². The monoisotopic (exact) mass is 537 g/mol. The van der Waals surface area contributed by atoms with Gasteiger partial charge < -0.3 is 14.2 Å². The van der Waals surface area contributed by atoms with Gasteiger partial charge in [0.15, 0.2) is 0 Å². The summed E-state index contributed by atoms with van der Waals surface area (Å²) < 4.78 is 16.1. The zero-order valence-corrected chi connectivity index (χ0v) is 24.7. The first-order valence-corrected chi connectivity index (χ1v) is 14.7. The van der Waals surface area contributed by atoms with Crippen LogP contribution in [0.25, 0.3) is 22.3 Å². The van der Waals surface area contributed by atoms with Crippen molar-refractivity contribution in [1.29, 1.82) is 0 Å². The molecule has 1 atom stereocenters. The molecule has 4 aromatic carbocycles. The molecule has 1 N–H and O–H groups in total. The van der Waals surface area contributed by atoms with Crippen molar-refractivity contribution in [2.75, 3.05) is 11.3 Å². The van der Waals surface area contributed by atoms with Crippen LogP contribution in [-0.4, -0.2) is 12.2 Å². The van der Waals surface area contributed by atoms with Crippen LogP contribution in [0.4, 0.5) is 5.69 Å². The normalized spacial score (nSPS) is 13.9. The number of hydrogen-bond donors (Lipinski definition) is 1. The summed E-state index contributed by atoms with van der Waals surface area (Å²) in [6, 6.07) is 28.1. The largest absolute Gasteiger partial charge is 0.493 e. The molecule has 3 nitrogen and oxygen atoms in total. The van der Waals surface area contributed by atoms with Crippen LogP contribution >= 0.6 is 11.9 Å². The standard InChI is InChI=1S/C35H39NO2S/c1-23-20-31(36-39-30-16-10-14-27(22-30)26-12-8-7-9-13-26)24(2)34(25(3)38-35(4,5)6)33(23)29-17-18-32-28(21-29)15-11-19-37-32/h7-10,12-14,16-18,20-22,25,36H,11,15,19H2,1-6H3. The zero-order chi connectivity index (χ0) is 27.6. The van der Waals surface area contributed by atoms with Crippen molar-refractivity contribution in [3.8, 4) is 28.0 Å². The van der Waals surface area contributed by atoms with Gasteiger partial charge in [-0.1, -0.05) is 48.5 Å². The topological polar surface area (TPSA) is 30.5 Å². The molecule has 0 amide bonds. The molecule has 4 aromatic rings. The van der Waals surface area contributed by atoms with Crippen LogP contribution in [-0.2, 0) is 11.2 Å². The van der Waals surface area contributed by atoms with E-state index in [4.69, 9.17) is 9.47 Å². The van der Waals surface area contributed by atoms with E-state index in [1.165, 1.54) is 49.4 Å². The third-order valence-electron chi connectivity index (χ3n) is 7.19. The highest BCUT2D eigenvalue weighted by molar-refractivity contribution is 8.00. The summed E-state index contributed by atoms with van der Waals surface area (Å²) in [6.45, 7) is 13.8. The summed E-state index contributed by atoms with van der Waals surface area (Å²) in [6.07, 6.45) is 2.05. The minimum Gasteiger partial charge on any atom is -0.493 e. The second-order valence-corrected chi connectivity index (χ2v) is 12.3. The lowest BCUT2D eigenvalue weighted by molar-refractivity contribution is -0.0529. The lowest BCUT2D eigenvalue weighted by Gasteiger charge is -2.30. The minimum absolute atomic E-state index is 0.0702. The van der Waals surface area contributed by atoms with E-state index in [9.17, 15) is 0 Å². The second kappa shape index (κ2) is 11.5. The lowest BCUT2D eigenvalue weighted by atomic mass is 9.87. The Morgan fingerprint density at radius 1 is 0.872 bits per heavy atom. The number of ether oxygens (including phenoxy) is 2. The molecule has 0 aliphatic carbocycles. The minimum atomic E-state index is -0.253. The molecule has 1 aliphatic heterocycles. The molecule has 0 spiro atoms. The molecule has 4 heteroatoms. The fourth-order valence-corrected chi connectivity index (χ4v) is 6.30. The molecule has 1 aliphatic rings. The van der Waals surface area contributed by atoms with Gasteiger partial charge in [-0.25, -0.2) is 0 Å². The van der Waals surface area contributed by atoms with Crippen LogP contribution in [0.2, 0.25) is 0 Å². The van der Waals surface area contributed by atoms with Gasteiger partial charge in [0.1, 0.15) is 5.75 Å². The van der Waals surface area contributed by atoms with Crippen LogP contribution in [0.1, 0.15) is 62.5 Å². The summed E-state index contributed by atoms with van der Waals surface area (Å²) in [7, 11) is 0. The van der Waals surface area contributed by atoms with Gasteiger partial charge in [-0.15, -0.1) is 0 Å². The molecule has 202 valence electrons. The van der Waals surface area contributed by atoms with E-state index in [-0.39, 0.29) is 11.7 Å². The van der Waals surface area contributed by atoms with Crippen LogP contribution < -0.4 is 9.46 Å². The predicted octanol–water partition coefficient (Wildman–Crippen LogP) is 9.96. The Morgan fingerprint density at radius 2 is 1.64 bits per heavy atom. The molecule has 1 unspecified atom stereocenters. The Kier molecular flexibility index (Phi) is 8.06. The van der Waals surface area contributed by atoms with Crippen molar-refractivity contribution < 1.29 is 9.47 Å². The van der Waals surface area contributed by atoms with Gasteiger partial charge in [-0.05, 0) is 141 Å². The Balaban J connectivity index is 1.51. The number of hydrogen-bond acceptors (Lipinski definition) is 4. The molecule has 0 bridgehead atoms. The maximum atomic E-state index is 6.56. The average Bonchev–Trinajstić information content (AvgIpc) is 2.92. The van der Waals surface area contributed by atoms with Gasteiger partial charge in [0, 0.05) is 10.6 Å². The lowest BCUT2D eigenvalue weighted by Crippen LogP contribution is -2.22. The smallest absolute Gasteiger partial charge is 0.122 e. The first kappa shape index (κ1) is 27.4. The number of fused-ring (bicyclic) bond motifs is 1. The van der Waals surface area contributed by atoms with Gasteiger partial charge in [0.05, 0.1) is 18.3 Å². The van der Waals surface area contributed by atoms with E-state index < -0.39 is 0 Å². The fraction of sp³-hybridized carbons (Fsp3) is 0.314. The molecule has 0 saturated heterocycles. The average molecular weight is 538 g/mol. The summed E-state index contributed by atoms with van der Waals surface area (Å²) in [4.78, 5) is 1.17. The SMILES string of the molecule is Cc1cc(NSc2cccc(-c3ccccc3)c2)c(C)c(C(C)OC(C)(C)C)c1-c1ccc2c(c1)CCCO2. The van der Waals surface area contributed by atoms with Gasteiger partial charge in [0.25, 0.3) is 0 Å². The van der Waals surface area contributed by atoms with Crippen molar-refractivity contribution in [3.63, 3.8) is 0 Å². The van der Waals surface area contributed by atoms with Crippen LogP contribution in [0.5, 0.6) is 5.75 Å². The highest BCUT2D eigenvalue weighted by Crippen LogP contribution is 2.42. The van der Waals surface area contributed by atoms with E-state index in [1.54, 1.807) is 11.9 Å². The summed E-state index contributed by atoms with van der Waals surface area (Å²) >= 11 is 1.65. The molecule has 0 fully saturated rings. The Hall–Kier alpha value is -3.21. The van der Waals surface area contributed by atoms with E-state index >= 15 is 0 Å². The van der Waals surface area contributed by atoms with E-state index in [1.807, 2.05) is 0 Å². The molecule has 1 heterocycles. The van der Waals surface area contributed by atoms with E-state index in [0.717, 1.165) is 30.9 Å². The van der Waals surface area contributed by atoms with E-state index in [2.05, 4.69) is 125 Å². The first-order chi connectivity index (χ1) is 18.7. The maximum absolute atomic E-state index is 6.56.